The molecule has 2 N–H and O–H groups in total. The van der Waals surface area contributed by atoms with Gasteiger partial charge in [0.05, 0.1) is 5.60 Å². The van der Waals surface area contributed by atoms with Gasteiger partial charge in [-0.2, -0.15) is 0 Å². The monoisotopic (exact) mass is 262 g/mol. The van der Waals surface area contributed by atoms with Crippen molar-refractivity contribution in [2.24, 2.45) is 0 Å². The molecule has 1 aliphatic rings. The third-order valence-electron chi connectivity index (χ3n) is 3.80. The molecule has 0 atom stereocenters. The second kappa shape index (κ2) is 6.06. The minimum Gasteiger partial charge on any atom is -0.385 e. The van der Waals surface area contributed by atoms with E-state index in [1.165, 1.54) is 6.42 Å². The van der Waals surface area contributed by atoms with E-state index in [0.29, 0.717) is 12.1 Å². The largest absolute Gasteiger partial charge is 0.385 e. The van der Waals surface area contributed by atoms with Gasteiger partial charge >= 0.3 is 0 Å². The topological polar surface area (TPSA) is 50.4 Å². The zero-order valence-corrected chi connectivity index (χ0v) is 11.7. The van der Waals surface area contributed by atoms with Gasteiger partial charge in [-0.15, -0.1) is 0 Å². The van der Waals surface area contributed by atoms with Gasteiger partial charge in [-0.1, -0.05) is 0 Å². The average Bonchev–Trinajstić information content (AvgIpc) is 2.39. The van der Waals surface area contributed by atoms with Crippen LogP contribution in [0.3, 0.4) is 0 Å². The average molecular weight is 262 g/mol. The van der Waals surface area contributed by atoms with E-state index in [9.17, 15) is 4.79 Å². The highest BCUT2D eigenvalue weighted by atomic mass is 16.5. The van der Waals surface area contributed by atoms with Crippen molar-refractivity contribution in [3.05, 3.63) is 29.8 Å². The summed E-state index contributed by atoms with van der Waals surface area (Å²) in [5, 5.41) is 6.17. The lowest BCUT2D eigenvalue weighted by atomic mass is 9.80. The molecular weight excluding hydrogens is 240 g/mol. The molecule has 1 aromatic carbocycles. The van der Waals surface area contributed by atoms with Crippen LogP contribution in [0.5, 0.6) is 0 Å². The molecule has 4 nitrogen and oxygen atoms in total. The van der Waals surface area contributed by atoms with Crippen molar-refractivity contribution in [1.29, 1.82) is 0 Å². The zero-order valence-electron chi connectivity index (χ0n) is 11.7. The van der Waals surface area contributed by atoms with Crippen molar-refractivity contribution < 1.29 is 9.53 Å². The summed E-state index contributed by atoms with van der Waals surface area (Å²) in [6.07, 6.45) is 3.24. The predicted octanol–water partition coefficient (Wildman–Crippen LogP) is 2.42. The molecular formula is C15H22N2O2. The van der Waals surface area contributed by atoms with E-state index in [0.717, 1.165) is 25.1 Å². The molecule has 0 saturated heterocycles. The quantitative estimate of drug-likeness (QED) is 0.827. The van der Waals surface area contributed by atoms with Gasteiger partial charge in [0, 0.05) is 31.5 Å². The first-order valence-electron chi connectivity index (χ1n) is 6.86. The lowest BCUT2D eigenvalue weighted by Crippen LogP contribution is -2.49. The normalized spacial score (nSPS) is 16.5. The molecule has 4 heteroatoms. The maximum atomic E-state index is 12.0. The molecule has 1 saturated carbocycles. The first kappa shape index (κ1) is 13.9. The van der Waals surface area contributed by atoms with Crippen molar-refractivity contribution in [3.8, 4) is 0 Å². The fraction of sp³-hybridized carbons (Fsp3) is 0.533. The number of carbonyl (C=O) groups is 1. The van der Waals surface area contributed by atoms with Gasteiger partial charge in [0.15, 0.2) is 0 Å². The SMILES string of the molecule is CCNc1ccc(C(=O)NCC2(OC)CCC2)cc1. The Morgan fingerprint density at radius 1 is 1.32 bits per heavy atom. The minimum atomic E-state index is -0.126. The number of benzene rings is 1. The summed E-state index contributed by atoms with van der Waals surface area (Å²) in [5.74, 6) is -0.0358. The Labute approximate surface area is 114 Å². The number of rotatable bonds is 6. The molecule has 1 amide bonds. The van der Waals surface area contributed by atoms with Crippen LogP contribution < -0.4 is 10.6 Å². The Kier molecular flexibility index (Phi) is 4.43. The predicted molar refractivity (Wildman–Crippen MR) is 76.5 cm³/mol. The Balaban J connectivity index is 1.89. The summed E-state index contributed by atoms with van der Waals surface area (Å²) in [5.41, 5.74) is 1.60. The molecule has 0 heterocycles. The van der Waals surface area contributed by atoms with Crippen LogP contribution in [-0.2, 0) is 4.74 Å². The summed E-state index contributed by atoms with van der Waals surface area (Å²) in [7, 11) is 1.72. The maximum absolute atomic E-state index is 12.0. The van der Waals surface area contributed by atoms with Gasteiger partial charge in [-0.25, -0.2) is 0 Å². The highest BCUT2D eigenvalue weighted by Gasteiger charge is 2.37. The lowest BCUT2D eigenvalue weighted by molar-refractivity contribution is -0.0679. The molecule has 0 spiro atoms. The van der Waals surface area contributed by atoms with Crippen molar-refractivity contribution >= 4 is 11.6 Å². The number of ether oxygens (including phenoxy) is 1. The fourth-order valence-electron chi connectivity index (χ4n) is 2.31. The van der Waals surface area contributed by atoms with Crippen LogP contribution in [-0.4, -0.2) is 31.7 Å². The Morgan fingerprint density at radius 3 is 2.47 bits per heavy atom. The van der Waals surface area contributed by atoms with Crippen LogP contribution in [0.25, 0.3) is 0 Å². The van der Waals surface area contributed by atoms with Gasteiger partial charge in [-0.05, 0) is 50.5 Å². The van der Waals surface area contributed by atoms with E-state index < -0.39 is 0 Å². The molecule has 1 aliphatic carbocycles. The maximum Gasteiger partial charge on any atom is 0.251 e. The third-order valence-corrected chi connectivity index (χ3v) is 3.80. The van der Waals surface area contributed by atoms with Gasteiger partial charge < -0.3 is 15.4 Å². The van der Waals surface area contributed by atoms with E-state index in [4.69, 9.17) is 4.74 Å². The summed E-state index contributed by atoms with van der Waals surface area (Å²) >= 11 is 0. The van der Waals surface area contributed by atoms with E-state index in [2.05, 4.69) is 10.6 Å². The first-order chi connectivity index (χ1) is 9.19. The standard InChI is InChI=1S/C15H22N2O2/c1-3-16-13-7-5-12(6-8-13)14(18)17-11-15(19-2)9-4-10-15/h5-8,16H,3-4,9-11H2,1-2H3,(H,17,18). The van der Waals surface area contributed by atoms with Crippen molar-refractivity contribution in [2.75, 3.05) is 25.5 Å². The molecule has 0 aromatic heterocycles. The summed E-state index contributed by atoms with van der Waals surface area (Å²) in [6.45, 7) is 3.52. The second-order valence-corrected chi connectivity index (χ2v) is 5.03. The van der Waals surface area contributed by atoms with E-state index in [1.807, 2.05) is 31.2 Å². The van der Waals surface area contributed by atoms with Crippen molar-refractivity contribution in [1.82, 2.24) is 5.32 Å². The molecule has 1 fully saturated rings. The van der Waals surface area contributed by atoms with Gasteiger partial charge in [-0.3, -0.25) is 4.79 Å². The highest BCUT2D eigenvalue weighted by Crippen LogP contribution is 2.34. The number of amides is 1. The number of nitrogens with one attached hydrogen (secondary N) is 2. The van der Waals surface area contributed by atoms with Crippen LogP contribution in [0.2, 0.25) is 0 Å². The molecule has 1 aromatic rings. The van der Waals surface area contributed by atoms with Crippen LogP contribution >= 0.6 is 0 Å². The Bertz CT molecular complexity index is 419. The zero-order chi connectivity index (χ0) is 13.7. The smallest absolute Gasteiger partial charge is 0.251 e. The molecule has 0 radical (unpaired) electrons. The number of carbonyl (C=O) groups excluding carboxylic acids is 1. The summed E-state index contributed by atoms with van der Waals surface area (Å²) in [6, 6.07) is 7.53. The molecule has 104 valence electrons. The fourth-order valence-corrected chi connectivity index (χ4v) is 2.31. The molecule has 2 rings (SSSR count). The van der Waals surface area contributed by atoms with Gasteiger partial charge in [0.25, 0.3) is 5.91 Å². The number of methoxy groups -OCH3 is 1. The van der Waals surface area contributed by atoms with Gasteiger partial charge in [0.2, 0.25) is 0 Å². The van der Waals surface area contributed by atoms with Gasteiger partial charge in [0.1, 0.15) is 0 Å². The minimum absolute atomic E-state index is 0.0358. The second-order valence-electron chi connectivity index (χ2n) is 5.03. The number of hydrogen-bond acceptors (Lipinski definition) is 3. The summed E-state index contributed by atoms with van der Waals surface area (Å²) in [4.78, 5) is 12.0. The van der Waals surface area contributed by atoms with Crippen LogP contribution in [0.4, 0.5) is 5.69 Å². The van der Waals surface area contributed by atoms with Crippen molar-refractivity contribution in [3.63, 3.8) is 0 Å². The van der Waals surface area contributed by atoms with Crippen LogP contribution in [0.15, 0.2) is 24.3 Å². The molecule has 0 bridgehead atoms. The summed E-state index contributed by atoms with van der Waals surface area (Å²) < 4.78 is 5.49. The number of anilines is 1. The third kappa shape index (κ3) is 3.26. The van der Waals surface area contributed by atoms with E-state index >= 15 is 0 Å². The first-order valence-corrected chi connectivity index (χ1v) is 6.86. The van der Waals surface area contributed by atoms with E-state index in [1.54, 1.807) is 7.11 Å². The number of hydrogen-bond donors (Lipinski definition) is 2. The Hall–Kier alpha value is -1.55. The van der Waals surface area contributed by atoms with E-state index in [-0.39, 0.29) is 11.5 Å². The van der Waals surface area contributed by atoms with Crippen LogP contribution in [0, 0.1) is 0 Å². The lowest BCUT2D eigenvalue weighted by Gasteiger charge is -2.40. The molecule has 0 aliphatic heterocycles. The van der Waals surface area contributed by atoms with Crippen LogP contribution in [0.1, 0.15) is 36.5 Å². The highest BCUT2D eigenvalue weighted by molar-refractivity contribution is 5.94. The Morgan fingerprint density at radius 2 is 2.00 bits per heavy atom. The molecule has 0 unspecified atom stereocenters. The molecule has 19 heavy (non-hydrogen) atoms. The van der Waals surface area contributed by atoms with Crippen molar-refractivity contribution in [2.45, 2.75) is 31.8 Å².